The summed E-state index contributed by atoms with van der Waals surface area (Å²) in [4.78, 5) is 25.5. The molecule has 0 bridgehead atoms. The number of para-hydroxylation sites is 1. The van der Waals surface area contributed by atoms with Crippen LogP contribution in [0.15, 0.2) is 47.1 Å². The van der Waals surface area contributed by atoms with E-state index in [2.05, 4.69) is 5.32 Å². The van der Waals surface area contributed by atoms with Gasteiger partial charge >= 0.3 is 5.97 Å². The number of carbonyl (C=O) groups is 2. The molecule has 2 aliphatic rings. The molecule has 2 aliphatic heterocycles. The first-order valence-corrected chi connectivity index (χ1v) is 7.36. The van der Waals surface area contributed by atoms with Crippen LogP contribution in [0.2, 0.25) is 0 Å². The average molecular weight is 325 g/mol. The largest absolute Gasteiger partial charge is 0.462 e. The molecule has 7 nitrogen and oxygen atoms in total. The quantitative estimate of drug-likeness (QED) is 0.795. The molecule has 1 atom stereocenters. The topological polar surface area (TPSA) is 114 Å². The number of amides is 1. The van der Waals surface area contributed by atoms with Crippen LogP contribution in [0.5, 0.6) is 0 Å². The standard InChI is InChI=1S/C17H15N3O4/c1-3-23-15(21)13-9(2)24-14(19)11(8-18)17(13)10-6-4-5-7-12(10)20-16(17)22/h4-7H,3,19H2,1-2H3,(H,20,22)/t17-/m0/s1. The summed E-state index contributed by atoms with van der Waals surface area (Å²) in [6.07, 6.45) is 0. The van der Waals surface area contributed by atoms with E-state index in [1.165, 1.54) is 6.92 Å². The lowest BCUT2D eigenvalue weighted by molar-refractivity contribution is -0.140. The number of nitrogens with two attached hydrogens (primary N) is 1. The van der Waals surface area contributed by atoms with Crippen molar-refractivity contribution < 1.29 is 19.1 Å². The molecule has 1 aromatic rings. The lowest BCUT2D eigenvalue weighted by Crippen LogP contribution is -2.45. The van der Waals surface area contributed by atoms with E-state index < -0.39 is 17.3 Å². The molecule has 3 N–H and O–H groups in total. The van der Waals surface area contributed by atoms with Gasteiger partial charge in [-0.1, -0.05) is 18.2 Å². The fourth-order valence-corrected chi connectivity index (χ4v) is 3.23. The van der Waals surface area contributed by atoms with E-state index in [9.17, 15) is 14.9 Å². The molecule has 2 heterocycles. The number of nitriles is 1. The number of anilines is 1. The Hall–Kier alpha value is -3.27. The van der Waals surface area contributed by atoms with E-state index in [1.54, 1.807) is 31.2 Å². The molecule has 1 amide bonds. The number of allylic oxidation sites excluding steroid dienone is 1. The molecule has 1 spiro atoms. The molecule has 24 heavy (non-hydrogen) atoms. The van der Waals surface area contributed by atoms with Crippen molar-refractivity contribution in [1.29, 1.82) is 5.26 Å². The highest BCUT2D eigenvalue weighted by molar-refractivity contribution is 6.17. The van der Waals surface area contributed by atoms with Gasteiger partial charge in [0.05, 0.1) is 6.61 Å². The van der Waals surface area contributed by atoms with E-state index >= 15 is 0 Å². The number of fused-ring (bicyclic) bond motifs is 2. The summed E-state index contributed by atoms with van der Waals surface area (Å²) in [5.74, 6) is -1.32. The SMILES string of the molecule is CCOC(=O)C1=C(C)OC(N)=C(C#N)[C@]12C(=O)Nc1ccccc12. The van der Waals surface area contributed by atoms with Crippen LogP contribution in [-0.2, 0) is 24.5 Å². The lowest BCUT2D eigenvalue weighted by atomic mass is 9.68. The first-order valence-electron chi connectivity index (χ1n) is 7.36. The van der Waals surface area contributed by atoms with E-state index in [0.29, 0.717) is 11.3 Å². The minimum Gasteiger partial charge on any atom is -0.462 e. The third-order valence-electron chi connectivity index (χ3n) is 4.12. The van der Waals surface area contributed by atoms with Gasteiger partial charge in [-0.3, -0.25) is 4.79 Å². The smallest absolute Gasteiger partial charge is 0.339 e. The van der Waals surface area contributed by atoms with E-state index in [1.807, 2.05) is 6.07 Å². The second kappa shape index (κ2) is 5.42. The lowest BCUT2D eigenvalue weighted by Gasteiger charge is -2.33. The summed E-state index contributed by atoms with van der Waals surface area (Å²) in [6, 6.07) is 8.77. The molecule has 0 unspecified atom stereocenters. The van der Waals surface area contributed by atoms with Crippen LogP contribution in [0.3, 0.4) is 0 Å². The van der Waals surface area contributed by atoms with Crippen LogP contribution in [0, 0.1) is 11.3 Å². The van der Waals surface area contributed by atoms with Gasteiger partial charge in [-0.2, -0.15) is 5.26 Å². The Labute approximate surface area is 138 Å². The molecule has 122 valence electrons. The van der Waals surface area contributed by atoms with Gasteiger partial charge in [0.2, 0.25) is 11.8 Å². The summed E-state index contributed by atoms with van der Waals surface area (Å²) in [5, 5.41) is 12.3. The van der Waals surface area contributed by atoms with Crippen LogP contribution in [0.1, 0.15) is 19.4 Å². The number of nitrogens with one attached hydrogen (secondary N) is 1. The van der Waals surface area contributed by atoms with Crippen molar-refractivity contribution in [3.8, 4) is 6.07 Å². The Bertz CT molecular complexity index is 863. The maximum absolute atomic E-state index is 12.9. The molecule has 0 aliphatic carbocycles. The monoisotopic (exact) mass is 325 g/mol. The molecule has 7 heteroatoms. The maximum Gasteiger partial charge on any atom is 0.339 e. The van der Waals surface area contributed by atoms with Crippen molar-refractivity contribution >= 4 is 17.6 Å². The van der Waals surface area contributed by atoms with Gasteiger partial charge in [0.15, 0.2) is 5.41 Å². The van der Waals surface area contributed by atoms with Crippen LogP contribution in [0.4, 0.5) is 5.69 Å². The second-order valence-electron chi connectivity index (χ2n) is 5.35. The minimum absolute atomic E-state index is 0.0300. The number of benzene rings is 1. The van der Waals surface area contributed by atoms with Crippen molar-refractivity contribution in [3.63, 3.8) is 0 Å². The molecular weight excluding hydrogens is 310 g/mol. The van der Waals surface area contributed by atoms with Crippen molar-refractivity contribution in [2.24, 2.45) is 5.73 Å². The first kappa shape index (κ1) is 15.6. The summed E-state index contributed by atoms with van der Waals surface area (Å²) in [6.45, 7) is 3.29. The van der Waals surface area contributed by atoms with Crippen molar-refractivity contribution in [2.45, 2.75) is 19.3 Å². The Kier molecular flexibility index (Phi) is 3.53. The number of carbonyl (C=O) groups excluding carboxylic acids is 2. The Morgan fingerprint density at radius 3 is 2.83 bits per heavy atom. The van der Waals surface area contributed by atoms with Gasteiger partial charge in [-0.25, -0.2) is 4.79 Å². The molecule has 3 rings (SSSR count). The Balaban J connectivity index is 2.39. The highest BCUT2D eigenvalue weighted by Crippen LogP contribution is 2.51. The van der Waals surface area contributed by atoms with Gasteiger partial charge in [-0.05, 0) is 19.9 Å². The number of esters is 1. The van der Waals surface area contributed by atoms with Crippen LogP contribution in [-0.4, -0.2) is 18.5 Å². The highest BCUT2D eigenvalue weighted by Gasteiger charge is 2.59. The zero-order chi connectivity index (χ0) is 17.5. The summed E-state index contributed by atoms with van der Waals surface area (Å²) in [7, 11) is 0. The normalized spacial score (nSPS) is 22.0. The molecule has 0 saturated heterocycles. The summed E-state index contributed by atoms with van der Waals surface area (Å²) >= 11 is 0. The average Bonchev–Trinajstić information content (AvgIpc) is 2.81. The van der Waals surface area contributed by atoms with Gasteiger partial charge in [-0.15, -0.1) is 0 Å². The third-order valence-corrected chi connectivity index (χ3v) is 4.12. The van der Waals surface area contributed by atoms with Crippen molar-refractivity contribution in [2.75, 3.05) is 11.9 Å². The zero-order valence-electron chi connectivity index (χ0n) is 13.2. The number of hydrogen-bond donors (Lipinski definition) is 2. The number of ether oxygens (including phenoxy) is 2. The molecule has 0 aromatic heterocycles. The number of hydrogen-bond acceptors (Lipinski definition) is 6. The van der Waals surface area contributed by atoms with Gasteiger partial charge in [0, 0.05) is 11.3 Å². The Morgan fingerprint density at radius 2 is 2.17 bits per heavy atom. The van der Waals surface area contributed by atoms with Crippen LogP contribution in [0.25, 0.3) is 0 Å². The summed E-state index contributed by atoms with van der Waals surface area (Å²) in [5.41, 5.74) is 5.03. The minimum atomic E-state index is -1.66. The van der Waals surface area contributed by atoms with Crippen molar-refractivity contribution in [3.05, 3.63) is 52.6 Å². The predicted molar refractivity (Wildman–Crippen MR) is 84.0 cm³/mol. The fourth-order valence-electron chi connectivity index (χ4n) is 3.23. The second-order valence-corrected chi connectivity index (χ2v) is 5.35. The van der Waals surface area contributed by atoms with E-state index in [4.69, 9.17) is 15.2 Å². The Morgan fingerprint density at radius 1 is 1.46 bits per heavy atom. The fraction of sp³-hybridized carbons (Fsp3) is 0.235. The number of nitrogens with zero attached hydrogens (tertiary/aromatic N) is 1. The zero-order valence-corrected chi connectivity index (χ0v) is 13.2. The van der Waals surface area contributed by atoms with E-state index in [0.717, 1.165) is 0 Å². The van der Waals surface area contributed by atoms with Crippen molar-refractivity contribution in [1.82, 2.24) is 0 Å². The highest BCUT2D eigenvalue weighted by atomic mass is 16.5. The third kappa shape index (κ3) is 1.83. The number of rotatable bonds is 2. The van der Waals surface area contributed by atoms with Crippen LogP contribution < -0.4 is 11.1 Å². The first-order chi connectivity index (χ1) is 11.5. The van der Waals surface area contributed by atoms with Crippen LogP contribution >= 0.6 is 0 Å². The molecule has 0 fully saturated rings. The van der Waals surface area contributed by atoms with E-state index in [-0.39, 0.29) is 29.4 Å². The molecule has 1 aromatic carbocycles. The van der Waals surface area contributed by atoms with Gasteiger partial charge in [0.25, 0.3) is 0 Å². The van der Waals surface area contributed by atoms with Gasteiger partial charge in [0.1, 0.15) is 23.0 Å². The predicted octanol–water partition coefficient (Wildman–Crippen LogP) is 1.44. The molecule has 0 saturated carbocycles. The molecular formula is C17H15N3O4. The maximum atomic E-state index is 12.9. The molecule has 0 radical (unpaired) electrons. The van der Waals surface area contributed by atoms with Gasteiger partial charge < -0.3 is 20.5 Å². The summed E-state index contributed by atoms with van der Waals surface area (Å²) < 4.78 is 10.5.